The lowest BCUT2D eigenvalue weighted by Crippen LogP contribution is -2.11. The maximum Gasteiger partial charge on any atom is 0.435 e. The van der Waals surface area contributed by atoms with E-state index < -0.39 is 21.7 Å². The molecule has 0 saturated carbocycles. The van der Waals surface area contributed by atoms with E-state index >= 15 is 0 Å². The van der Waals surface area contributed by atoms with Crippen LogP contribution in [-0.4, -0.2) is 43.5 Å². The Kier molecular flexibility index (Phi) is 4.34. The van der Waals surface area contributed by atoms with E-state index in [1.54, 1.807) is 0 Å². The summed E-state index contributed by atoms with van der Waals surface area (Å²) in [6.07, 6.45) is -4.66. The van der Waals surface area contributed by atoms with Crippen molar-refractivity contribution in [3.8, 4) is 11.5 Å². The van der Waals surface area contributed by atoms with Gasteiger partial charge in [0.15, 0.2) is 36.8 Å². The highest BCUT2D eigenvalue weighted by molar-refractivity contribution is 9.10. The van der Waals surface area contributed by atoms with E-state index in [9.17, 15) is 21.6 Å². The predicted molar refractivity (Wildman–Crippen MR) is 88.9 cm³/mol. The Morgan fingerprint density at radius 1 is 1.15 bits per heavy atom. The van der Waals surface area contributed by atoms with Crippen LogP contribution in [0.4, 0.5) is 13.2 Å². The molecule has 0 aromatic carbocycles. The number of fused-ring (bicyclic) bond motifs is 1. The molecule has 0 aliphatic carbocycles. The second kappa shape index (κ2) is 6.01. The third-order valence-corrected chi connectivity index (χ3v) is 6.31. The summed E-state index contributed by atoms with van der Waals surface area (Å²) in [5, 5.41) is 6.65. The van der Waals surface area contributed by atoms with Crippen molar-refractivity contribution in [2.75, 3.05) is 5.75 Å². The molecule has 0 fully saturated rings. The van der Waals surface area contributed by atoms with Crippen molar-refractivity contribution in [2.24, 2.45) is 14.1 Å². The average Bonchev–Trinajstić information content (AvgIpc) is 3.04. The van der Waals surface area contributed by atoms with Crippen LogP contribution in [0.3, 0.4) is 0 Å². The van der Waals surface area contributed by atoms with Crippen LogP contribution in [0.1, 0.15) is 12.6 Å². The van der Waals surface area contributed by atoms with Crippen LogP contribution in [0.2, 0.25) is 0 Å². The lowest BCUT2D eigenvalue weighted by atomic mass is 10.3. The van der Waals surface area contributed by atoms with E-state index in [0.29, 0.717) is 0 Å². The van der Waals surface area contributed by atoms with E-state index in [4.69, 9.17) is 0 Å². The van der Waals surface area contributed by atoms with E-state index in [1.807, 2.05) is 0 Å². The molecule has 3 heterocycles. The summed E-state index contributed by atoms with van der Waals surface area (Å²) >= 11 is 3.17. The van der Waals surface area contributed by atoms with Crippen LogP contribution in [0.15, 0.2) is 15.8 Å². The van der Waals surface area contributed by atoms with Crippen molar-refractivity contribution in [2.45, 2.75) is 18.1 Å². The summed E-state index contributed by atoms with van der Waals surface area (Å²) in [5.74, 6) is -0.101. The van der Waals surface area contributed by atoms with Crippen molar-refractivity contribution in [1.29, 1.82) is 0 Å². The number of aromatic nitrogens is 6. The zero-order chi connectivity index (χ0) is 19.4. The van der Waals surface area contributed by atoms with Crippen LogP contribution in [0, 0.1) is 0 Å². The number of aryl methyl sites for hydroxylation is 1. The van der Waals surface area contributed by atoms with Gasteiger partial charge in [-0.15, -0.1) is 10.2 Å². The maximum absolute atomic E-state index is 12.8. The van der Waals surface area contributed by atoms with Gasteiger partial charge in [0.05, 0.1) is 5.75 Å². The Hall–Kier alpha value is -2.02. The standard InChI is InChI=1S/C13H12BrF3N6O2S/c1-4-26(24,25)11-8(19-12(14)23(11)3)10-18-6-5-7(13(15,16)17)20-21-9(6)22(10)2/h5H,4H2,1-3H3. The highest BCUT2D eigenvalue weighted by Crippen LogP contribution is 2.33. The van der Waals surface area contributed by atoms with Gasteiger partial charge in [0.1, 0.15) is 11.2 Å². The molecule has 8 nitrogen and oxygen atoms in total. The lowest BCUT2D eigenvalue weighted by molar-refractivity contribution is -0.141. The van der Waals surface area contributed by atoms with Gasteiger partial charge in [0.25, 0.3) is 0 Å². The van der Waals surface area contributed by atoms with Gasteiger partial charge in [-0.2, -0.15) is 13.2 Å². The molecule has 13 heteroatoms. The molecule has 0 N–H and O–H groups in total. The molecule has 140 valence electrons. The van der Waals surface area contributed by atoms with Crippen molar-refractivity contribution in [1.82, 2.24) is 29.3 Å². The van der Waals surface area contributed by atoms with Gasteiger partial charge in [-0.05, 0) is 15.9 Å². The Morgan fingerprint density at radius 2 is 1.81 bits per heavy atom. The summed E-state index contributed by atoms with van der Waals surface area (Å²) < 4.78 is 66.3. The van der Waals surface area contributed by atoms with Crippen molar-refractivity contribution in [3.05, 3.63) is 16.5 Å². The van der Waals surface area contributed by atoms with Gasteiger partial charge < -0.3 is 9.13 Å². The topological polar surface area (TPSA) is 95.6 Å². The molecule has 0 radical (unpaired) electrons. The molecule has 3 rings (SSSR count). The first-order chi connectivity index (χ1) is 12.0. The number of imidazole rings is 2. The summed E-state index contributed by atoms with van der Waals surface area (Å²) in [7, 11) is -0.667. The van der Waals surface area contributed by atoms with E-state index in [1.165, 1.54) is 30.2 Å². The smallest absolute Gasteiger partial charge is 0.312 e. The third kappa shape index (κ3) is 2.88. The molecule has 0 spiro atoms. The Labute approximate surface area is 154 Å². The van der Waals surface area contributed by atoms with E-state index in [0.717, 1.165) is 6.07 Å². The first kappa shape index (κ1) is 18.8. The van der Waals surface area contributed by atoms with Gasteiger partial charge >= 0.3 is 6.18 Å². The second-order valence-corrected chi connectivity index (χ2v) is 8.33. The predicted octanol–water partition coefficient (Wildman–Crippen LogP) is 2.34. The average molecular weight is 453 g/mol. The zero-order valence-electron chi connectivity index (χ0n) is 13.7. The SMILES string of the molecule is CCS(=O)(=O)c1c(-c2nc3cc(C(F)(F)F)nnc3n2C)nc(Br)n1C. The first-order valence-electron chi connectivity index (χ1n) is 7.20. The minimum absolute atomic E-state index is 0.0234. The van der Waals surface area contributed by atoms with Crippen LogP contribution in [0.5, 0.6) is 0 Å². The van der Waals surface area contributed by atoms with Crippen molar-refractivity contribution < 1.29 is 21.6 Å². The second-order valence-electron chi connectivity index (χ2n) is 5.43. The molecule has 0 saturated heterocycles. The van der Waals surface area contributed by atoms with Gasteiger partial charge in [0.2, 0.25) is 0 Å². The molecule has 0 aliphatic rings. The molecule has 0 atom stereocenters. The number of sulfone groups is 1. The summed E-state index contributed by atoms with van der Waals surface area (Å²) in [6, 6.07) is 0.762. The van der Waals surface area contributed by atoms with Crippen molar-refractivity contribution >= 4 is 36.9 Å². The fourth-order valence-electron chi connectivity index (χ4n) is 2.43. The van der Waals surface area contributed by atoms with Crippen LogP contribution < -0.4 is 0 Å². The number of hydrogen-bond donors (Lipinski definition) is 0. The number of rotatable bonds is 3. The Bertz CT molecular complexity index is 1120. The summed E-state index contributed by atoms with van der Waals surface area (Å²) in [6.45, 7) is 1.48. The molecular weight excluding hydrogens is 441 g/mol. The highest BCUT2D eigenvalue weighted by atomic mass is 79.9. The van der Waals surface area contributed by atoms with E-state index in [2.05, 4.69) is 36.1 Å². The lowest BCUT2D eigenvalue weighted by Gasteiger charge is -2.06. The number of hydrogen-bond acceptors (Lipinski definition) is 6. The fraction of sp³-hybridized carbons (Fsp3) is 0.385. The van der Waals surface area contributed by atoms with Gasteiger partial charge in [-0.25, -0.2) is 18.4 Å². The molecule has 3 aromatic rings. The van der Waals surface area contributed by atoms with Crippen LogP contribution in [0.25, 0.3) is 22.7 Å². The van der Waals surface area contributed by atoms with Crippen LogP contribution in [-0.2, 0) is 30.1 Å². The minimum Gasteiger partial charge on any atom is -0.312 e. The third-order valence-electron chi connectivity index (χ3n) is 3.78. The quantitative estimate of drug-likeness (QED) is 0.604. The number of nitrogens with zero attached hydrogens (tertiary/aromatic N) is 6. The summed E-state index contributed by atoms with van der Waals surface area (Å²) in [4.78, 5) is 8.29. The highest BCUT2D eigenvalue weighted by Gasteiger charge is 2.34. The molecule has 0 aliphatic heterocycles. The molecule has 0 amide bonds. The van der Waals surface area contributed by atoms with Crippen molar-refractivity contribution in [3.63, 3.8) is 0 Å². The van der Waals surface area contributed by atoms with Gasteiger partial charge in [-0.3, -0.25) is 0 Å². The zero-order valence-corrected chi connectivity index (χ0v) is 16.1. The fourth-order valence-corrected chi connectivity index (χ4v) is 4.11. The van der Waals surface area contributed by atoms with E-state index in [-0.39, 0.29) is 38.2 Å². The van der Waals surface area contributed by atoms with Gasteiger partial charge in [-0.1, -0.05) is 6.92 Å². The van der Waals surface area contributed by atoms with Crippen LogP contribution >= 0.6 is 15.9 Å². The van der Waals surface area contributed by atoms with Gasteiger partial charge in [0, 0.05) is 20.2 Å². The molecule has 0 unspecified atom stereocenters. The molecular formula is C13H12BrF3N6O2S. The largest absolute Gasteiger partial charge is 0.435 e. The maximum atomic E-state index is 12.8. The Balaban J connectivity index is 2.31. The number of halogens is 4. The molecule has 3 aromatic heterocycles. The minimum atomic E-state index is -4.66. The molecule has 0 bridgehead atoms. The molecule has 26 heavy (non-hydrogen) atoms. The number of alkyl halides is 3. The monoisotopic (exact) mass is 452 g/mol. The summed E-state index contributed by atoms with van der Waals surface area (Å²) in [5.41, 5.74) is -1.14. The first-order valence-corrected chi connectivity index (χ1v) is 9.64. The normalized spacial score (nSPS) is 12.9. The Morgan fingerprint density at radius 3 is 2.38 bits per heavy atom.